The normalized spacial score (nSPS) is 9.80. The lowest BCUT2D eigenvalue weighted by Crippen LogP contribution is -2.13. The Morgan fingerprint density at radius 2 is 2.00 bits per heavy atom. The minimum Gasteiger partial charge on any atom is -0.508 e. The summed E-state index contributed by atoms with van der Waals surface area (Å²) in [5, 5.41) is 9.40. The molecule has 0 fully saturated rings. The highest BCUT2D eigenvalue weighted by Crippen LogP contribution is 2.26. The fraction of sp³-hybridized carbons (Fsp3) is 0.364. The number of rotatable bonds is 3. The topological polar surface area (TPSA) is 55.8 Å². The first-order valence-electron chi connectivity index (χ1n) is 4.54. The van der Waals surface area contributed by atoms with Crippen LogP contribution in [0.5, 0.6) is 11.5 Å². The Morgan fingerprint density at radius 3 is 2.60 bits per heavy atom. The zero-order valence-corrected chi connectivity index (χ0v) is 9.03. The predicted octanol–water partition coefficient (Wildman–Crippen LogP) is 1.56. The molecule has 1 aromatic carbocycles. The van der Waals surface area contributed by atoms with Crippen LogP contribution in [0.1, 0.15) is 11.1 Å². The summed E-state index contributed by atoms with van der Waals surface area (Å²) in [5.74, 6) is 0.369. The van der Waals surface area contributed by atoms with E-state index in [0.29, 0.717) is 11.3 Å². The van der Waals surface area contributed by atoms with Gasteiger partial charge in [0.15, 0.2) is 6.61 Å². The molecule has 0 heterocycles. The number of phenolic OH excluding ortho intramolecular Hbond substituents is 1. The van der Waals surface area contributed by atoms with Crippen molar-refractivity contribution in [2.24, 2.45) is 0 Å². The van der Waals surface area contributed by atoms with Gasteiger partial charge in [-0.2, -0.15) is 0 Å². The molecule has 0 aromatic heterocycles. The standard InChI is InChI=1S/C11H14O4/c1-7-5-10(8(2)4-9(7)12)15-6-11(13)14-3/h4-5,12H,6H2,1-3H3. The molecule has 0 saturated heterocycles. The third kappa shape index (κ3) is 2.87. The van der Waals surface area contributed by atoms with E-state index in [0.717, 1.165) is 5.56 Å². The summed E-state index contributed by atoms with van der Waals surface area (Å²) < 4.78 is 9.69. The molecule has 0 atom stereocenters. The molecule has 0 aliphatic carbocycles. The van der Waals surface area contributed by atoms with Crippen molar-refractivity contribution in [3.05, 3.63) is 23.3 Å². The summed E-state index contributed by atoms with van der Waals surface area (Å²) in [4.78, 5) is 10.9. The van der Waals surface area contributed by atoms with E-state index in [1.807, 2.05) is 0 Å². The molecular formula is C11H14O4. The smallest absolute Gasteiger partial charge is 0.343 e. The SMILES string of the molecule is COC(=O)COc1cc(C)c(O)cc1C. The molecule has 15 heavy (non-hydrogen) atoms. The molecule has 4 nitrogen and oxygen atoms in total. The zero-order valence-electron chi connectivity index (χ0n) is 9.03. The molecule has 4 heteroatoms. The van der Waals surface area contributed by atoms with Gasteiger partial charge in [-0.25, -0.2) is 4.79 Å². The van der Waals surface area contributed by atoms with Gasteiger partial charge in [0.25, 0.3) is 0 Å². The fourth-order valence-electron chi connectivity index (χ4n) is 1.13. The highest BCUT2D eigenvalue weighted by Gasteiger charge is 2.07. The number of esters is 1. The molecule has 1 rings (SSSR count). The van der Waals surface area contributed by atoms with Gasteiger partial charge in [-0.1, -0.05) is 0 Å². The van der Waals surface area contributed by atoms with Gasteiger partial charge in [-0.15, -0.1) is 0 Å². The molecule has 0 saturated carbocycles. The van der Waals surface area contributed by atoms with Gasteiger partial charge in [-0.05, 0) is 37.1 Å². The Labute approximate surface area is 88.4 Å². The van der Waals surface area contributed by atoms with E-state index in [9.17, 15) is 9.90 Å². The van der Waals surface area contributed by atoms with Gasteiger partial charge in [0.1, 0.15) is 11.5 Å². The van der Waals surface area contributed by atoms with E-state index in [1.54, 1.807) is 26.0 Å². The number of aromatic hydroxyl groups is 1. The third-order valence-electron chi connectivity index (χ3n) is 2.07. The molecule has 0 bridgehead atoms. The summed E-state index contributed by atoms with van der Waals surface area (Å²) in [5.41, 5.74) is 1.49. The van der Waals surface area contributed by atoms with Gasteiger partial charge < -0.3 is 14.6 Å². The molecule has 82 valence electrons. The quantitative estimate of drug-likeness (QED) is 0.769. The Morgan fingerprint density at radius 1 is 1.33 bits per heavy atom. The number of benzene rings is 1. The molecule has 1 aromatic rings. The number of aryl methyl sites for hydroxylation is 2. The van der Waals surface area contributed by atoms with Crippen molar-refractivity contribution in [2.45, 2.75) is 13.8 Å². The van der Waals surface area contributed by atoms with Crippen LogP contribution in [0.3, 0.4) is 0 Å². The van der Waals surface area contributed by atoms with Crippen LogP contribution in [0.15, 0.2) is 12.1 Å². The molecule has 0 amide bonds. The Bertz CT molecular complexity index is 371. The lowest BCUT2D eigenvalue weighted by molar-refractivity contribution is -0.142. The van der Waals surface area contributed by atoms with Gasteiger partial charge in [0.05, 0.1) is 7.11 Å². The Hall–Kier alpha value is -1.71. The Kier molecular flexibility index (Phi) is 3.55. The minimum absolute atomic E-state index is 0.123. The molecule has 1 N–H and O–H groups in total. The van der Waals surface area contributed by atoms with Crippen molar-refractivity contribution in [3.63, 3.8) is 0 Å². The highest BCUT2D eigenvalue weighted by atomic mass is 16.6. The first kappa shape index (κ1) is 11.4. The highest BCUT2D eigenvalue weighted by molar-refractivity contribution is 5.71. The van der Waals surface area contributed by atoms with Gasteiger partial charge in [0, 0.05) is 0 Å². The Balaban J connectivity index is 2.77. The summed E-state index contributed by atoms with van der Waals surface area (Å²) in [6.07, 6.45) is 0. The van der Waals surface area contributed by atoms with Crippen molar-refractivity contribution < 1.29 is 19.4 Å². The van der Waals surface area contributed by atoms with Crippen LogP contribution in [0.2, 0.25) is 0 Å². The van der Waals surface area contributed by atoms with Crippen LogP contribution in [-0.2, 0) is 9.53 Å². The fourth-order valence-corrected chi connectivity index (χ4v) is 1.13. The molecular weight excluding hydrogens is 196 g/mol. The lowest BCUT2D eigenvalue weighted by atomic mass is 10.1. The maximum absolute atomic E-state index is 10.9. The predicted molar refractivity (Wildman–Crippen MR) is 55.1 cm³/mol. The molecule has 0 aliphatic heterocycles. The van der Waals surface area contributed by atoms with E-state index in [4.69, 9.17) is 4.74 Å². The van der Waals surface area contributed by atoms with Gasteiger partial charge in [-0.3, -0.25) is 0 Å². The van der Waals surface area contributed by atoms with E-state index in [1.165, 1.54) is 7.11 Å². The number of carbonyl (C=O) groups excluding carboxylic acids is 1. The van der Waals surface area contributed by atoms with E-state index in [2.05, 4.69) is 4.74 Å². The summed E-state index contributed by atoms with van der Waals surface area (Å²) in [6, 6.07) is 3.29. The second-order valence-electron chi connectivity index (χ2n) is 3.27. The maximum Gasteiger partial charge on any atom is 0.343 e. The monoisotopic (exact) mass is 210 g/mol. The maximum atomic E-state index is 10.9. The molecule has 0 aliphatic rings. The van der Waals surface area contributed by atoms with E-state index in [-0.39, 0.29) is 12.4 Å². The van der Waals surface area contributed by atoms with Crippen molar-refractivity contribution >= 4 is 5.97 Å². The number of hydrogen-bond donors (Lipinski definition) is 1. The average molecular weight is 210 g/mol. The molecule has 0 unspecified atom stereocenters. The second kappa shape index (κ2) is 4.68. The number of ether oxygens (including phenoxy) is 2. The minimum atomic E-state index is -0.430. The largest absolute Gasteiger partial charge is 0.508 e. The van der Waals surface area contributed by atoms with Crippen molar-refractivity contribution in [2.75, 3.05) is 13.7 Å². The number of phenols is 1. The first-order valence-corrected chi connectivity index (χ1v) is 4.54. The average Bonchev–Trinajstić information content (AvgIpc) is 2.21. The zero-order chi connectivity index (χ0) is 11.4. The number of hydrogen-bond acceptors (Lipinski definition) is 4. The number of methoxy groups -OCH3 is 1. The molecule has 0 radical (unpaired) electrons. The first-order chi connectivity index (χ1) is 7.04. The lowest BCUT2D eigenvalue weighted by Gasteiger charge is -2.09. The van der Waals surface area contributed by atoms with E-state index >= 15 is 0 Å². The van der Waals surface area contributed by atoms with Crippen LogP contribution in [0, 0.1) is 13.8 Å². The van der Waals surface area contributed by atoms with Gasteiger partial charge >= 0.3 is 5.97 Å². The van der Waals surface area contributed by atoms with Crippen molar-refractivity contribution in [1.29, 1.82) is 0 Å². The van der Waals surface area contributed by atoms with Crippen molar-refractivity contribution in [3.8, 4) is 11.5 Å². The van der Waals surface area contributed by atoms with E-state index < -0.39 is 5.97 Å². The van der Waals surface area contributed by atoms with Crippen LogP contribution in [0.4, 0.5) is 0 Å². The summed E-state index contributed by atoms with van der Waals surface area (Å²) in [7, 11) is 1.31. The second-order valence-corrected chi connectivity index (χ2v) is 3.27. The molecule has 0 spiro atoms. The third-order valence-corrected chi connectivity index (χ3v) is 2.07. The summed E-state index contributed by atoms with van der Waals surface area (Å²) >= 11 is 0. The number of carbonyl (C=O) groups is 1. The van der Waals surface area contributed by atoms with Crippen LogP contribution in [0.25, 0.3) is 0 Å². The summed E-state index contributed by atoms with van der Waals surface area (Å²) in [6.45, 7) is 3.44. The van der Waals surface area contributed by atoms with Crippen LogP contribution in [-0.4, -0.2) is 24.8 Å². The van der Waals surface area contributed by atoms with Crippen LogP contribution >= 0.6 is 0 Å². The van der Waals surface area contributed by atoms with Gasteiger partial charge in [0.2, 0.25) is 0 Å². The van der Waals surface area contributed by atoms with Crippen LogP contribution < -0.4 is 4.74 Å². The van der Waals surface area contributed by atoms with Crippen molar-refractivity contribution in [1.82, 2.24) is 0 Å².